The third-order valence-electron chi connectivity index (χ3n) is 9.93. The molecule has 5 aromatic carbocycles. The van der Waals surface area contributed by atoms with E-state index in [1.807, 2.05) is 27.7 Å². The summed E-state index contributed by atoms with van der Waals surface area (Å²) in [5.41, 5.74) is 12.1. The molecule has 0 heteroatoms. The third kappa shape index (κ3) is 4.41. The minimum atomic E-state index is 0.0373. The van der Waals surface area contributed by atoms with Crippen molar-refractivity contribution in [2.24, 2.45) is 11.8 Å². The molecule has 4 aliphatic rings. The zero-order valence-electron chi connectivity index (χ0n) is 27.3. The maximum Gasteiger partial charge on any atom is 0.0165 e. The van der Waals surface area contributed by atoms with Crippen LogP contribution in [0.1, 0.15) is 84.1 Å². The molecule has 2 unspecified atom stereocenters. The van der Waals surface area contributed by atoms with Gasteiger partial charge in [0, 0.05) is 10.8 Å². The van der Waals surface area contributed by atoms with Gasteiger partial charge in [0.2, 0.25) is 0 Å². The highest BCUT2D eigenvalue weighted by Crippen LogP contribution is 2.58. The summed E-state index contributed by atoms with van der Waals surface area (Å²) in [5.74, 6) is 1.70. The molecule has 0 amide bonds. The number of hydrogen-bond acceptors (Lipinski definition) is 0. The number of rotatable bonds is 0. The van der Waals surface area contributed by atoms with E-state index in [1.165, 1.54) is 66.9 Å². The first-order chi connectivity index (χ1) is 20.9. The van der Waals surface area contributed by atoms with Gasteiger partial charge in [-0.1, -0.05) is 165 Å². The van der Waals surface area contributed by atoms with Crippen LogP contribution in [0.3, 0.4) is 0 Å². The summed E-state index contributed by atoms with van der Waals surface area (Å²) >= 11 is 0. The van der Waals surface area contributed by atoms with Gasteiger partial charge in [-0.15, -0.1) is 0 Å². The lowest BCUT2D eigenvalue weighted by Crippen LogP contribution is -2.16. The average molecular weight is 563 g/mol. The van der Waals surface area contributed by atoms with E-state index in [0.717, 1.165) is 11.8 Å². The fourth-order valence-electron chi connectivity index (χ4n) is 7.87. The lowest BCUT2D eigenvalue weighted by atomic mass is 9.79. The molecule has 0 N–H and O–H groups in total. The monoisotopic (exact) mass is 562 g/mol. The fourth-order valence-corrected chi connectivity index (χ4v) is 7.87. The van der Waals surface area contributed by atoms with Crippen LogP contribution >= 0.6 is 0 Å². The van der Waals surface area contributed by atoms with Crippen molar-refractivity contribution in [3.63, 3.8) is 0 Å². The Morgan fingerprint density at radius 1 is 0.488 bits per heavy atom. The molecule has 2 atom stereocenters. The molecule has 0 aliphatic heterocycles. The Morgan fingerprint density at radius 2 is 0.953 bits per heavy atom. The van der Waals surface area contributed by atoms with Crippen LogP contribution in [0.4, 0.5) is 0 Å². The summed E-state index contributed by atoms with van der Waals surface area (Å²) in [6.07, 6.45) is 6.44. The van der Waals surface area contributed by atoms with Gasteiger partial charge in [-0.25, -0.2) is 0 Å². The van der Waals surface area contributed by atoms with Gasteiger partial charge in [-0.2, -0.15) is 0 Å². The van der Waals surface area contributed by atoms with Gasteiger partial charge in [0.05, 0.1) is 0 Å². The molecule has 9 rings (SSSR count). The highest BCUT2D eigenvalue weighted by molar-refractivity contribution is 6.18. The second kappa shape index (κ2) is 11.0. The van der Waals surface area contributed by atoms with Gasteiger partial charge in [0.1, 0.15) is 0 Å². The van der Waals surface area contributed by atoms with Crippen molar-refractivity contribution in [1.29, 1.82) is 0 Å². The van der Waals surface area contributed by atoms with Crippen LogP contribution in [0.15, 0.2) is 115 Å². The van der Waals surface area contributed by atoms with Crippen molar-refractivity contribution in [2.45, 2.75) is 72.6 Å². The van der Waals surface area contributed by atoms with E-state index < -0.39 is 0 Å². The van der Waals surface area contributed by atoms with Crippen LogP contribution in [-0.4, -0.2) is 0 Å². The van der Waals surface area contributed by atoms with E-state index in [4.69, 9.17) is 0 Å². The van der Waals surface area contributed by atoms with E-state index >= 15 is 0 Å². The van der Waals surface area contributed by atoms with Crippen molar-refractivity contribution in [2.75, 3.05) is 0 Å². The molecule has 0 radical (unpaired) electrons. The molecule has 0 nitrogen and oxygen atoms in total. The zero-order valence-corrected chi connectivity index (χ0v) is 27.3. The third-order valence-corrected chi connectivity index (χ3v) is 9.93. The summed E-state index contributed by atoms with van der Waals surface area (Å²) in [6.45, 7) is 17.4. The molecule has 1 fully saturated rings. The van der Waals surface area contributed by atoms with Gasteiger partial charge in [0.25, 0.3) is 0 Å². The Kier molecular flexibility index (Phi) is 7.45. The Hall–Kier alpha value is -3.90. The van der Waals surface area contributed by atoms with Crippen LogP contribution in [0.2, 0.25) is 0 Å². The highest BCUT2D eigenvalue weighted by atomic mass is 14.5. The topological polar surface area (TPSA) is 0 Å². The quantitative estimate of drug-likeness (QED) is 0.165. The van der Waals surface area contributed by atoms with Gasteiger partial charge in [0.15, 0.2) is 0 Å². The lowest BCUT2D eigenvalue weighted by molar-refractivity contribution is 0.652. The second-order valence-electron chi connectivity index (χ2n) is 12.9. The Morgan fingerprint density at radius 3 is 1.60 bits per heavy atom. The summed E-state index contributed by atoms with van der Waals surface area (Å²) < 4.78 is 0. The number of hydrogen-bond donors (Lipinski definition) is 0. The molecular weight excluding hydrogens is 516 g/mol. The molecule has 0 spiro atoms. The first kappa shape index (κ1) is 29.2. The normalized spacial score (nSPS) is 20.2. The molecule has 218 valence electrons. The van der Waals surface area contributed by atoms with Crippen LogP contribution in [-0.2, 0) is 10.8 Å². The summed E-state index contributed by atoms with van der Waals surface area (Å²) in [4.78, 5) is 0. The van der Waals surface area contributed by atoms with Crippen LogP contribution in [0.25, 0.3) is 38.2 Å². The highest BCUT2D eigenvalue weighted by Gasteiger charge is 2.45. The van der Waals surface area contributed by atoms with Crippen LogP contribution in [0.5, 0.6) is 0 Å². The van der Waals surface area contributed by atoms with Crippen molar-refractivity contribution in [1.82, 2.24) is 0 Å². The number of allylic oxidation sites excluding steroid dienone is 4. The Labute approximate surface area is 259 Å². The average Bonchev–Trinajstić information content (AvgIpc) is 3.74. The maximum atomic E-state index is 2.54. The van der Waals surface area contributed by atoms with Gasteiger partial charge in [-0.3, -0.25) is 0 Å². The van der Waals surface area contributed by atoms with Gasteiger partial charge < -0.3 is 0 Å². The van der Waals surface area contributed by atoms with Gasteiger partial charge in [-0.05, 0) is 84.3 Å². The summed E-state index contributed by atoms with van der Waals surface area (Å²) in [6, 6.07) is 35.5. The molecule has 1 saturated carbocycles. The number of fused-ring (bicyclic) bond motifs is 12. The summed E-state index contributed by atoms with van der Waals surface area (Å²) in [5, 5.41) is 5.48. The van der Waals surface area contributed by atoms with E-state index in [0.29, 0.717) is 0 Å². The molecule has 0 bridgehead atoms. The molecule has 43 heavy (non-hydrogen) atoms. The first-order valence-corrected chi connectivity index (χ1v) is 16.5. The molecular formula is C43H46. The molecule has 0 heterocycles. The summed E-state index contributed by atoms with van der Waals surface area (Å²) in [7, 11) is 0. The second-order valence-corrected chi connectivity index (χ2v) is 12.9. The largest absolute Gasteiger partial charge is 0.0761 e. The van der Waals surface area contributed by atoms with E-state index in [9.17, 15) is 0 Å². The van der Waals surface area contributed by atoms with E-state index in [2.05, 4.69) is 137 Å². The van der Waals surface area contributed by atoms with Crippen molar-refractivity contribution >= 4 is 27.1 Å². The number of benzene rings is 5. The molecule has 0 saturated heterocycles. The van der Waals surface area contributed by atoms with Crippen molar-refractivity contribution < 1.29 is 0 Å². The van der Waals surface area contributed by atoms with Crippen molar-refractivity contribution in [3.8, 4) is 11.1 Å². The predicted octanol–water partition coefficient (Wildman–Crippen LogP) is 12.3. The van der Waals surface area contributed by atoms with E-state index in [1.54, 1.807) is 5.57 Å². The first-order valence-electron chi connectivity index (χ1n) is 16.5. The molecule has 0 aromatic heterocycles. The fraction of sp³-hybridized carbons (Fsp3) is 0.302. The molecule has 5 aromatic rings. The van der Waals surface area contributed by atoms with Gasteiger partial charge >= 0.3 is 0 Å². The maximum absolute atomic E-state index is 2.54. The van der Waals surface area contributed by atoms with E-state index in [-0.39, 0.29) is 10.8 Å². The minimum Gasteiger partial charge on any atom is -0.0761 e. The Balaban J connectivity index is 0.000000144. The minimum absolute atomic E-state index is 0.0373. The smallest absolute Gasteiger partial charge is 0.0165 e. The van der Waals surface area contributed by atoms with Crippen LogP contribution in [0, 0.1) is 11.8 Å². The molecule has 4 aliphatic carbocycles. The van der Waals surface area contributed by atoms with Crippen molar-refractivity contribution in [3.05, 3.63) is 137 Å². The van der Waals surface area contributed by atoms with Crippen LogP contribution < -0.4 is 0 Å². The SMILES string of the molecule is CC.CC.CC1(C)C2=CC3CC3C=C2c2ccccc21.CC1(C)c2ccccc2-c2c1c1ccccc1c1ccccc21. The standard InChI is InChI=1S/C23H18.C16H16.2C2H6/c1-23(2)20-14-8-7-13-19(20)21-17-11-5-3-9-15(17)16-10-4-6-12-18(16)22(21)23;1-16(2)14-6-4-3-5-12(14)13-8-10-7-11(10)9-15(13)16;2*1-2/h3-14H,1-2H3;3-6,8-11H,7H2,1-2H3;2*1-2H3. The zero-order chi connectivity index (χ0) is 30.5. The predicted molar refractivity (Wildman–Crippen MR) is 189 cm³/mol. The lowest BCUT2D eigenvalue weighted by Gasteiger charge is -2.24. The Bertz CT molecular complexity index is 1890.